The highest BCUT2D eigenvalue weighted by atomic mass is 35.5. The van der Waals surface area contributed by atoms with E-state index in [1.165, 1.54) is 19.1 Å². The largest absolute Gasteiger partial charge is 0.549 e. The second-order valence-electron chi connectivity index (χ2n) is 5.46. The van der Waals surface area contributed by atoms with Gasteiger partial charge in [-0.1, -0.05) is 35.8 Å². The number of benzene rings is 2. The van der Waals surface area contributed by atoms with Gasteiger partial charge in [0.15, 0.2) is 15.4 Å². The van der Waals surface area contributed by atoms with Crippen LogP contribution in [0.2, 0.25) is 5.02 Å². The molecule has 2 aromatic carbocycles. The van der Waals surface area contributed by atoms with Crippen LogP contribution >= 0.6 is 11.6 Å². The smallest absolute Gasteiger partial charge is 0.186 e. The molecule has 0 spiro atoms. The Morgan fingerprint density at radius 1 is 1.24 bits per heavy atom. The normalized spacial score (nSPS) is 13.0. The van der Waals surface area contributed by atoms with E-state index < -0.39 is 21.1 Å². The SMILES string of the molecule is CCC(C(=O)[O-])S(=O)(=O)c1ccc2c(-c3ccc(Cl)cc3)noc2c1. The minimum absolute atomic E-state index is 0.0882. The Bertz CT molecular complexity index is 1040. The molecule has 1 unspecified atom stereocenters. The Labute approximate surface area is 148 Å². The average molecular weight is 379 g/mol. The molecule has 0 radical (unpaired) electrons. The Morgan fingerprint density at radius 3 is 2.52 bits per heavy atom. The number of carboxylic acids is 1. The van der Waals surface area contributed by atoms with E-state index in [2.05, 4.69) is 5.16 Å². The first-order chi connectivity index (χ1) is 11.8. The molecule has 1 atom stereocenters. The summed E-state index contributed by atoms with van der Waals surface area (Å²) in [5, 5.41) is 14.7. The van der Waals surface area contributed by atoms with Gasteiger partial charge in [0, 0.05) is 22.0 Å². The van der Waals surface area contributed by atoms with Crippen LogP contribution in [-0.2, 0) is 14.6 Å². The van der Waals surface area contributed by atoms with Gasteiger partial charge >= 0.3 is 0 Å². The molecule has 0 N–H and O–H groups in total. The first-order valence-corrected chi connectivity index (χ1v) is 9.37. The van der Waals surface area contributed by atoms with Crippen LogP contribution in [0, 0.1) is 0 Å². The molecular weight excluding hydrogens is 366 g/mol. The molecule has 0 bridgehead atoms. The number of hydrogen-bond acceptors (Lipinski definition) is 6. The topological polar surface area (TPSA) is 100 Å². The second kappa shape index (κ2) is 6.50. The van der Waals surface area contributed by atoms with Gasteiger partial charge in [-0.25, -0.2) is 8.42 Å². The van der Waals surface area contributed by atoms with Gasteiger partial charge in [0.05, 0.1) is 10.9 Å². The van der Waals surface area contributed by atoms with Crippen molar-refractivity contribution in [3.05, 3.63) is 47.5 Å². The van der Waals surface area contributed by atoms with Gasteiger partial charge in [-0.05, 0) is 30.7 Å². The number of carbonyl (C=O) groups is 1. The standard InChI is InChI=1S/C17H14ClNO5S/c1-2-15(17(20)21)25(22,23)12-7-8-13-14(9-12)24-19-16(13)10-3-5-11(18)6-4-10/h3-9,15H,2H2,1H3,(H,20,21)/p-1. The fourth-order valence-corrected chi connectivity index (χ4v) is 4.26. The van der Waals surface area contributed by atoms with Crippen LogP contribution in [0.1, 0.15) is 13.3 Å². The van der Waals surface area contributed by atoms with Crippen LogP contribution in [0.4, 0.5) is 0 Å². The van der Waals surface area contributed by atoms with Crippen molar-refractivity contribution in [3.63, 3.8) is 0 Å². The van der Waals surface area contributed by atoms with Gasteiger partial charge in [0.1, 0.15) is 10.9 Å². The maximum atomic E-state index is 12.5. The zero-order valence-electron chi connectivity index (χ0n) is 13.1. The lowest BCUT2D eigenvalue weighted by Gasteiger charge is -2.16. The van der Waals surface area contributed by atoms with Gasteiger partial charge in [0.2, 0.25) is 0 Å². The van der Waals surface area contributed by atoms with E-state index in [1.807, 2.05) is 0 Å². The van der Waals surface area contributed by atoms with E-state index in [4.69, 9.17) is 16.1 Å². The molecule has 6 nitrogen and oxygen atoms in total. The predicted octanol–water partition coefficient (Wildman–Crippen LogP) is 2.45. The van der Waals surface area contributed by atoms with Crippen LogP contribution in [0.3, 0.4) is 0 Å². The van der Waals surface area contributed by atoms with Crippen molar-refractivity contribution in [2.24, 2.45) is 0 Å². The quantitative estimate of drug-likeness (QED) is 0.676. The lowest BCUT2D eigenvalue weighted by molar-refractivity contribution is -0.305. The lowest BCUT2D eigenvalue weighted by atomic mass is 10.1. The summed E-state index contributed by atoms with van der Waals surface area (Å²) in [6.07, 6.45) is -0.0882. The molecule has 0 aliphatic heterocycles. The summed E-state index contributed by atoms with van der Waals surface area (Å²) < 4.78 is 30.2. The second-order valence-corrected chi connectivity index (χ2v) is 8.02. The highest BCUT2D eigenvalue weighted by Crippen LogP contribution is 2.31. The Kier molecular flexibility index (Phi) is 4.53. The third-order valence-corrected chi connectivity index (χ3v) is 6.34. The third kappa shape index (κ3) is 3.12. The van der Waals surface area contributed by atoms with Crippen LogP contribution in [0.5, 0.6) is 0 Å². The van der Waals surface area contributed by atoms with Crippen molar-refractivity contribution >= 4 is 38.4 Å². The highest BCUT2D eigenvalue weighted by molar-refractivity contribution is 7.92. The van der Waals surface area contributed by atoms with Crippen LogP contribution < -0.4 is 5.11 Å². The summed E-state index contributed by atoms with van der Waals surface area (Å²) in [6, 6.07) is 11.1. The maximum Gasteiger partial charge on any atom is 0.186 e. The minimum Gasteiger partial charge on any atom is -0.549 e. The fraction of sp³-hybridized carbons (Fsp3) is 0.176. The van der Waals surface area contributed by atoms with E-state index in [-0.39, 0.29) is 16.9 Å². The number of halogens is 1. The number of rotatable bonds is 5. The molecule has 3 rings (SSSR count). The monoisotopic (exact) mass is 378 g/mol. The van der Waals surface area contributed by atoms with Crippen LogP contribution in [-0.4, -0.2) is 24.8 Å². The lowest BCUT2D eigenvalue weighted by Crippen LogP contribution is -2.40. The van der Waals surface area contributed by atoms with Crippen molar-refractivity contribution in [2.45, 2.75) is 23.5 Å². The van der Waals surface area contributed by atoms with Gasteiger partial charge in [-0.15, -0.1) is 0 Å². The summed E-state index contributed by atoms with van der Waals surface area (Å²) >= 11 is 5.87. The molecule has 25 heavy (non-hydrogen) atoms. The number of sulfone groups is 1. The molecule has 3 aromatic rings. The van der Waals surface area contributed by atoms with E-state index in [9.17, 15) is 18.3 Å². The Balaban J connectivity index is 2.08. The molecule has 0 aliphatic carbocycles. The Hall–Kier alpha value is -2.38. The average Bonchev–Trinajstić information content (AvgIpc) is 2.98. The molecule has 0 amide bonds. The highest BCUT2D eigenvalue weighted by Gasteiger charge is 2.28. The number of aromatic nitrogens is 1. The molecule has 0 aliphatic rings. The number of aliphatic carboxylic acids is 1. The van der Waals surface area contributed by atoms with Crippen LogP contribution in [0.25, 0.3) is 22.2 Å². The molecular formula is C17H13ClNO5S-. The van der Waals surface area contributed by atoms with Crippen molar-refractivity contribution in [2.75, 3.05) is 0 Å². The first kappa shape index (κ1) is 17.4. The molecule has 0 saturated heterocycles. The summed E-state index contributed by atoms with van der Waals surface area (Å²) in [5.74, 6) is -1.62. The first-order valence-electron chi connectivity index (χ1n) is 7.44. The van der Waals surface area contributed by atoms with Crippen LogP contribution in [0.15, 0.2) is 51.9 Å². The molecule has 1 aromatic heterocycles. The summed E-state index contributed by atoms with van der Waals surface area (Å²) in [4.78, 5) is 11.0. The molecule has 1 heterocycles. The number of nitrogens with zero attached hydrogens (tertiary/aromatic N) is 1. The summed E-state index contributed by atoms with van der Waals surface area (Å²) in [5.41, 5.74) is 1.56. The number of fused-ring (bicyclic) bond motifs is 1. The van der Waals surface area contributed by atoms with E-state index in [0.717, 1.165) is 5.56 Å². The van der Waals surface area contributed by atoms with Gasteiger partial charge in [-0.2, -0.15) is 0 Å². The Morgan fingerprint density at radius 2 is 1.92 bits per heavy atom. The van der Waals surface area contributed by atoms with Gasteiger partial charge in [0.25, 0.3) is 0 Å². The number of carbonyl (C=O) groups excluding carboxylic acids is 1. The van der Waals surface area contributed by atoms with Crippen molar-refractivity contribution in [3.8, 4) is 11.3 Å². The van der Waals surface area contributed by atoms with Gasteiger partial charge < -0.3 is 14.4 Å². The van der Waals surface area contributed by atoms with Gasteiger partial charge in [-0.3, -0.25) is 0 Å². The molecule has 8 heteroatoms. The zero-order valence-corrected chi connectivity index (χ0v) is 14.7. The number of hydrogen-bond donors (Lipinski definition) is 0. The molecule has 0 fully saturated rings. The fourth-order valence-electron chi connectivity index (χ4n) is 2.59. The summed E-state index contributed by atoms with van der Waals surface area (Å²) in [6.45, 7) is 1.48. The van der Waals surface area contributed by atoms with E-state index in [1.54, 1.807) is 30.3 Å². The number of carboxylic acid groups (broad SMARTS) is 1. The predicted molar refractivity (Wildman–Crippen MR) is 90.7 cm³/mol. The molecule has 130 valence electrons. The van der Waals surface area contributed by atoms with E-state index >= 15 is 0 Å². The minimum atomic E-state index is -4.07. The van der Waals surface area contributed by atoms with Crippen molar-refractivity contribution in [1.29, 1.82) is 0 Å². The third-order valence-electron chi connectivity index (χ3n) is 3.90. The maximum absolute atomic E-state index is 12.5. The zero-order chi connectivity index (χ0) is 18.2. The van der Waals surface area contributed by atoms with Crippen molar-refractivity contribution in [1.82, 2.24) is 5.16 Å². The van der Waals surface area contributed by atoms with E-state index in [0.29, 0.717) is 16.1 Å². The molecule has 0 saturated carbocycles. The summed E-state index contributed by atoms with van der Waals surface area (Å²) in [7, 11) is -4.07. The van der Waals surface area contributed by atoms with Crippen molar-refractivity contribution < 1.29 is 22.8 Å².